The number of aromatic nitrogens is 4. The minimum Gasteiger partial charge on any atom is -0.369 e. The van der Waals surface area contributed by atoms with Gasteiger partial charge >= 0.3 is 5.69 Å². The molecule has 0 atom stereocenters. The second kappa shape index (κ2) is 8.86. The Morgan fingerprint density at radius 1 is 1.03 bits per heavy atom. The molecule has 1 saturated heterocycles. The molecule has 168 valence electrons. The number of H-pyrrole nitrogens is 1. The molecule has 4 N–H and O–H groups in total. The Morgan fingerprint density at radius 2 is 1.73 bits per heavy atom. The quantitative estimate of drug-likeness (QED) is 0.355. The molecule has 9 nitrogen and oxygen atoms in total. The number of benzene rings is 2. The molecule has 3 heterocycles. The molecule has 0 spiro atoms. The minimum absolute atomic E-state index is 0.115. The molecule has 2 aromatic heterocycles. The van der Waals surface area contributed by atoms with Crippen molar-refractivity contribution >= 4 is 51.6 Å². The molecule has 1 aliphatic rings. The lowest BCUT2D eigenvalue weighted by Gasteiger charge is -2.29. The van der Waals surface area contributed by atoms with Crippen LogP contribution in [0.5, 0.6) is 0 Å². The summed E-state index contributed by atoms with van der Waals surface area (Å²) in [4.78, 5) is 26.5. The largest absolute Gasteiger partial charge is 0.369 e. The van der Waals surface area contributed by atoms with E-state index in [9.17, 15) is 4.79 Å². The average molecular weight is 483 g/mol. The molecule has 0 amide bonds. The van der Waals surface area contributed by atoms with Gasteiger partial charge in [-0.15, -0.1) is 0 Å². The number of rotatable bonds is 4. The fourth-order valence-electron chi connectivity index (χ4n) is 3.81. The molecule has 33 heavy (non-hydrogen) atoms. The fourth-order valence-corrected chi connectivity index (χ4v) is 4.38. The predicted molar refractivity (Wildman–Crippen MR) is 130 cm³/mol. The Morgan fingerprint density at radius 3 is 2.42 bits per heavy atom. The van der Waals surface area contributed by atoms with Gasteiger partial charge < -0.3 is 15.5 Å². The SMILES string of the molecule is N=c1c2cnc(Nc3ccc(N4CCNCC4)cc3)nc2[nH]c(=O)n1-c1c(Cl)cccc1Cl. The van der Waals surface area contributed by atoms with Gasteiger partial charge in [0.2, 0.25) is 5.95 Å². The topological polar surface area (TPSA) is 115 Å². The first kappa shape index (κ1) is 21.4. The number of halogens is 2. The summed E-state index contributed by atoms with van der Waals surface area (Å²) in [5.41, 5.74) is 1.76. The van der Waals surface area contributed by atoms with Crippen molar-refractivity contribution in [2.45, 2.75) is 0 Å². The number of aromatic amines is 1. The molecule has 4 aromatic rings. The van der Waals surface area contributed by atoms with Crippen LogP contribution in [-0.4, -0.2) is 45.7 Å². The van der Waals surface area contributed by atoms with Crippen LogP contribution in [0, 0.1) is 5.41 Å². The van der Waals surface area contributed by atoms with E-state index in [2.05, 4.69) is 42.6 Å². The smallest absolute Gasteiger partial charge is 0.333 e. The number of fused-ring (bicyclic) bond motifs is 1. The molecular formula is C22H20Cl2N8O. The van der Waals surface area contributed by atoms with Crippen molar-refractivity contribution < 1.29 is 0 Å². The van der Waals surface area contributed by atoms with Crippen LogP contribution in [0.15, 0.2) is 53.5 Å². The number of para-hydroxylation sites is 1. The first-order valence-corrected chi connectivity index (χ1v) is 11.1. The zero-order valence-corrected chi connectivity index (χ0v) is 18.9. The lowest BCUT2D eigenvalue weighted by Crippen LogP contribution is -2.43. The Labute approximate surface area is 198 Å². The van der Waals surface area contributed by atoms with Crippen molar-refractivity contribution in [3.05, 3.63) is 74.7 Å². The van der Waals surface area contributed by atoms with Crippen molar-refractivity contribution in [3.8, 4) is 5.69 Å². The van der Waals surface area contributed by atoms with Crippen LogP contribution in [-0.2, 0) is 0 Å². The van der Waals surface area contributed by atoms with Crippen LogP contribution < -0.4 is 26.7 Å². The maximum absolute atomic E-state index is 12.8. The van der Waals surface area contributed by atoms with Crippen LogP contribution in [0.25, 0.3) is 16.7 Å². The number of piperazine rings is 1. The van der Waals surface area contributed by atoms with E-state index < -0.39 is 5.69 Å². The summed E-state index contributed by atoms with van der Waals surface area (Å²) in [6, 6.07) is 12.9. The molecule has 1 fully saturated rings. The summed E-state index contributed by atoms with van der Waals surface area (Å²) < 4.78 is 1.11. The number of hydrogen-bond acceptors (Lipinski definition) is 7. The maximum Gasteiger partial charge on any atom is 0.333 e. The summed E-state index contributed by atoms with van der Waals surface area (Å²) >= 11 is 12.5. The van der Waals surface area contributed by atoms with Gasteiger partial charge in [-0.3, -0.25) is 10.4 Å². The van der Waals surface area contributed by atoms with Crippen molar-refractivity contribution in [1.29, 1.82) is 5.41 Å². The zero-order chi connectivity index (χ0) is 22.9. The van der Waals surface area contributed by atoms with Gasteiger partial charge in [-0.1, -0.05) is 29.3 Å². The second-order valence-corrected chi connectivity index (χ2v) is 8.36. The fraction of sp³-hybridized carbons (Fsp3) is 0.182. The first-order chi connectivity index (χ1) is 16.0. The van der Waals surface area contributed by atoms with E-state index in [4.69, 9.17) is 28.6 Å². The standard InChI is InChI=1S/C22H20Cl2N8O/c23-16-2-1-3-17(24)18(16)32-19(25)15-12-27-21(29-20(15)30-22(32)33)28-13-4-6-14(7-5-13)31-10-8-26-9-11-31/h1-7,12,25-26H,8-11H2,(H2,27,28,29,30,33). The molecule has 1 aliphatic heterocycles. The molecule has 0 aliphatic carbocycles. The lowest BCUT2D eigenvalue weighted by atomic mass is 10.2. The van der Waals surface area contributed by atoms with Crippen molar-refractivity contribution in [2.75, 3.05) is 36.4 Å². The predicted octanol–water partition coefficient (Wildman–Crippen LogP) is 3.05. The monoisotopic (exact) mass is 482 g/mol. The third-order valence-electron chi connectivity index (χ3n) is 5.46. The Bertz CT molecular complexity index is 1420. The summed E-state index contributed by atoms with van der Waals surface area (Å²) in [5.74, 6) is 0.306. The molecular weight excluding hydrogens is 463 g/mol. The second-order valence-electron chi connectivity index (χ2n) is 7.55. The zero-order valence-electron chi connectivity index (χ0n) is 17.4. The van der Waals surface area contributed by atoms with Crippen molar-refractivity contribution in [2.24, 2.45) is 0 Å². The summed E-state index contributed by atoms with van der Waals surface area (Å²) in [6.45, 7) is 3.90. The Balaban J connectivity index is 1.46. The van der Waals surface area contributed by atoms with Crippen LogP contribution in [0.1, 0.15) is 0 Å². The lowest BCUT2D eigenvalue weighted by molar-refractivity contribution is 0.589. The van der Waals surface area contributed by atoms with Crippen LogP contribution in [0.3, 0.4) is 0 Å². The van der Waals surface area contributed by atoms with Gasteiger partial charge in [-0.25, -0.2) is 14.3 Å². The van der Waals surface area contributed by atoms with E-state index in [0.29, 0.717) is 11.3 Å². The third-order valence-corrected chi connectivity index (χ3v) is 6.07. The van der Waals surface area contributed by atoms with Crippen LogP contribution in [0.4, 0.5) is 17.3 Å². The first-order valence-electron chi connectivity index (χ1n) is 10.3. The Kier molecular flexibility index (Phi) is 5.76. The van der Waals surface area contributed by atoms with Gasteiger partial charge in [0, 0.05) is 43.8 Å². The van der Waals surface area contributed by atoms with Crippen molar-refractivity contribution in [3.63, 3.8) is 0 Å². The molecule has 0 radical (unpaired) electrons. The van der Waals surface area contributed by atoms with Gasteiger partial charge in [-0.2, -0.15) is 4.98 Å². The summed E-state index contributed by atoms with van der Waals surface area (Å²) in [6.07, 6.45) is 1.49. The summed E-state index contributed by atoms with van der Waals surface area (Å²) in [7, 11) is 0. The highest BCUT2D eigenvalue weighted by Gasteiger charge is 2.15. The normalized spacial score (nSPS) is 13.9. The van der Waals surface area contributed by atoms with E-state index in [1.54, 1.807) is 18.2 Å². The molecule has 0 saturated carbocycles. The molecule has 0 bridgehead atoms. The highest BCUT2D eigenvalue weighted by molar-refractivity contribution is 6.37. The highest BCUT2D eigenvalue weighted by Crippen LogP contribution is 2.26. The van der Waals surface area contributed by atoms with E-state index in [0.717, 1.165) is 42.1 Å². The van der Waals surface area contributed by atoms with E-state index in [-0.39, 0.29) is 26.9 Å². The number of nitrogens with one attached hydrogen (secondary N) is 4. The van der Waals surface area contributed by atoms with Gasteiger partial charge in [0.1, 0.15) is 5.49 Å². The summed E-state index contributed by atoms with van der Waals surface area (Å²) in [5, 5.41) is 15.9. The van der Waals surface area contributed by atoms with Gasteiger partial charge in [0.15, 0.2) is 5.65 Å². The number of nitrogens with zero attached hydrogens (tertiary/aromatic N) is 4. The number of hydrogen-bond donors (Lipinski definition) is 4. The average Bonchev–Trinajstić information content (AvgIpc) is 2.82. The van der Waals surface area contributed by atoms with E-state index in [1.165, 1.54) is 6.20 Å². The van der Waals surface area contributed by atoms with Gasteiger partial charge in [-0.05, 0) is 36.4 Å². The van der Waals surface area contributed by atoms with E-state index in [1.807, 2.05) is 12.1 Å². The highest BCUT2D eigenvalue weighted by atomic mass is 35.5. The van der Waals surface area contributed by atoms with Crippen LogP contribution >= 0.6 is 23.2 Å². The number of anilines is 3. The van der Waals surface area contributed by atoms with E-state index >= 15 is 0 Å². The molecule has 11 heteroatoms. The van der Waals surface area contributed by atoms with Crippen molar-refractivity contribution in [1.82, 2.24) is 24.8 Å². The molecule has 2 aromatic carbocycles. The van der Waals surface area contributed by atoms with Gasteiger partial charge in [0.25, 0.3) is 0 Å². The maximum atomic E-state index is 12.8. The molecule has 5 rings (SSSR count). The van der Waals surface area contributed by atoms with Crippen LogP contribution in [0.2, 0.25) is 10.0 Å². The van der Waals surface area contributed by atoms with Gasteiger partial charge in [0.05, 0.1) is 21.1 Å². The minimum atomic E-state index is -0.576. The Hall–Kier alpha value is -3.40. The third kappa shape index (κ3) is 4.18. The molecule has 0 unspecified atom stereocenters.